The van der Waals surface area contributed by atoms with Gasteiger partial charge in [0.05, 0.1) is 6.33 Å². The third kappa shape index (κ3) is 4.41. The zero-order valence-electron chi connectivity index (χ0n) is 8.30. The lowest BCUT2D eigenvalue weighted by molar-refractivity contribution is -0.115. The Hall–Kier alpha value is -1.18. The number of rotatable bonds is 4. The predicted molar refractivity (Wildman–Crippen MR) is 53.1 cm³/mol. The summed E-state index contributed by atoms with van der Waals surface area (Å²) < 4.78 is 12.2. The first-order valence-electron chi connectivity index (χ1n) is 4.30. The summed E-state index contributed by atoms with van der Waals surface area (Å²) in [5.41, 5.74) is 1.01. The zero-order chi connectivity index (χ0) is 10.3. The molecule has 0 spiro atoms. The van der Waals surface area contributed by atoms with E-state index in [0.29, 0.717) is 12.8 Å². The van der Waals surface area contributed by atoms with E-state index in [2.05, 4.69) is 0 Å². The van der Waals surface area contributed by atoms with Crippen LogP contribution in [0.4, 0.5) is 4.39 Å². The Bertz CT molecular complexity index is 259. The van der Waals surface area contributed by atoms with Crippen LogP contribution in [0.2, 0.25) is 0 Å². The number of halogens is 1. The van der Waals surface area contributed by atoms with Gasteiger partial charge in [-0.15, -0.1) is 0 Å². The van der Waals surface area contributed by atoms with Gasteiger partial charge in [0.1, 0.15) is 0 Å². The molecule has 0 atom stereocenters. The molecule has 0 aromatic rings. The Kier molecular flexibility index (Phi) is 5.77. The molecule has 0 aromatic heterocycles. The van der Waals surface area contributed by atoms with E-state index in [4.69, 9.17) is 0 Å². The SMILES string of the molecule is C\C=C/C(C)=C\C(=C\F)C(=O)CC. The van der Waals surface area contributed by atoms with Crippen LogP contribution >= 0.6 is 0 Å². The summed E-state index contributed by atoms with van der Waals surface area (Å²) in [6, 6.07) is 0. The van der Waals surface area contributed by atoms with E-state index in [1.54, 1.807) is 13.0 Å². The topological polar surface area (TPSA) is 17.1 Å². The second-order valence-corrected chi connectivity index (χ2v) is 2.73. The van der Waals surface area contributed by atoms with Gasteiger partial charge in [-0.3, -0.25) is 4.79 Å². The number of carbonyl (C=O) groups is 1. The number of hydrogen-bond donors (Lipinski definition) is 0. The first kappa shape index (κ1) is 11.8. The van der Waals surface area contributed by atoms with Gasteiger partial charge in [0.2, 0.25) is 0 Å². The monoisotopic (exact) mass is 182 g/mol. The first-order valence-corrected chi connectivity index (χ1v) is 4.30. The molecule has 0 saturated heterocycles. The van der Waals surface area contributed by atoms with Crippen LogP contribution in [-0.2, 0) is 4.79 Å². The molecule has 1 nitrogen and oxygen atoms in total. The van der Waals surface area contributed by atoms with Gasteiger partial charge in [-0.2, -0.15) is 0 Å². The molecule has 0 aliphatic heterocycles. The molecular formula is C11H15FO. The summed E-state index contributed by atoms with van der Waals surface area (Å²) in [5.74, 6) is -0.175. The molecule has 0 saturated carbocycles. The van der Waals surface area contributed by atoms with E-state index in [1.165, 1.54) is 0 Å². The fourth-order valence-corrected chi connectivity index (χ4v) is 0.933. The Morgan fingerprint density at radius 3 is 2.46 bits per heavy atom. The molecule has 0 rings (SSSR count). The molecule has 0 fully saturated rings. The van der Waals surface area contributed by atoms with Crippen molar-refractivity contribution in [3.8, 4) is 0 Å². The average Bonchev–Trinajstić information content (AvgIpc) is 2.13. The van der Waals surface area contributed by atoms with Crippen molar-refractivity contribution in [3.05, 3.63) is 35.7 Å². The fraction of sp³-hybridized carbons (Fsp3) is 0.364. The van der Waals surface area contributed by atoms with Gasteiger partial charge >= 0.3 is 0 Å². The molecule has 72 valence electrons. The lowest BCUT2D eigenvalue weighted by Crippen LogP contribution is -1.97. The van der Waals surface area contributed by atoms with Crippen LogP contribution in [0.3, 0.4) is 0 Å². The van der Waals surface area contributed by atoms with Crippen LogP contribution in [0, 0.1) is 0 Å². The van der Waals surface area contributed by atoms with E-state index < -0.39 is 0 Å². The van der Waals surface area contributed by atoms with Gasteiger partial charge in [0.25, 0.3) is 0 Å². The van der Waals surface area contributed by atoms with Crippen molar-refractivity contribution in [2.75, 3.05) is 0 Å². The molecule has 0 aromatic carbocycles. The molecule has 0 N–H and O–H groups in total. The molecule has 0 heterocycles. The van der Waals surface area contributed by atoms with Gasteiger partial charge in [0, 0.05) is 12.0 Å². The largest absolute Gasteiger partial charge is 0.294 e. The van der Waals surface area contributed by atoms with Crippen LogP contribution in [0.15, 0.2) is 35.7 Å². The standard InChI is InChI=1S/C11H15FO/c1-4-6-9(3)7-10(8-12)11(13)5-2/h4,6-8H,5H2,1-3H3/b6-4-,9-7-,10-8-. The summed E-state index contributed by atoms with van der Waals surface area (Å²) in [6.07, 6.45) is 5.91. The second kappa shape index (κ2) is 6.35. The number of allylic oxidation sites excluding steroid dienone is 5. The predicted octanol–water partition coefficient (Wildman–Crippen LogP) is 3.34. The molecule has 0 aliphatic rings. The Morgan fingerprint density at radius 1 is 1.46 bits per heavy atom. The average molecular weight is 182 g/mol. The maximum absolute atomic E-state index is 12.2. The van der Waals surface area contributed by atoms with Crippen molar-refractivity contribution in [1.82, 2.24) is 0 Å². The molecule has 0 aliphatic carbocycles. The van der Waals surface area contributed by atoms with E-state index in [9.17, 15) is 9.18 Å². The number of hydrogen-bond acceptors (Lipinski definition) is 1. The van der Waals surface area contributed by atoms with Gasteiger partial charge in [-0.1, -0.05) is 24.6 Å². The maximum atomic E-state index is 12.2. The van der Waals surface area contributed by atoms with Crippen molar-refractivity contribution < 1.29 is 9.18 Å². The number of Topliss-reactive ketones (excluding diaryl/α,β-unsaturated/α-hetero) is 1. The Morgan fingerprint density at radius 2 is 2.08 bits per heavy atom. The maximum Gasteiger partial charge on any atom is 0.164 e. The second-order valence-electron chi connectivity index (χ2n) is 2.73. The van der Waals surface area contributed by atoms with E-state index in [1.807, 2.05) is 26.0 Å². The molecule has 13 heavy (non-hydrogen) atoms. The molecule has 0 bridgehead atoms. The smallest absolute Gasteiger partial charge is 0.164 e. The highest BCUT2D eigenvalue weighted by Crippen LogP contribution is 2.07. The number of ketones is 1. The Balaban J connectivity index is 4.64. The van der Waals surface area contributed by atoms with Gasteiger partial charge in [-0.25, -0.2) is 4.39 Å². The lowest BCUT2D eigenvalue weighted by atomic mass is 10.1. The molecule has 2 heteroatoms. The highest BCUT2D eigenvalue weighted by atomic mass is 19.1. The highest BCUT2D eigenvalue weighted by molar-refractivity contribution is 5.97. The summed E-state index contributed by atoms with van der Waals surface area (Å²) in [7, 11) is 0. The van der Waals surface area contributed by atoms with Crippen molar-refractivity contribution in [3.63, 3.8) is 0 Å². The summed E-state index contributed by atoms with van der Waals surface area (Å²) in [5, 5.41) is 0. The van der Waals surface area contributed by atoms with Gasteiger partial charge < -0.3 is 0 Å². The molecular weight excluding hydrogens is 167 g/mol. The van der Waals surface area contributed by atoms with Crippen molar-refractivity contribution >= 4 is 5.78 Å². The van der Waals surface area contributed by atoms with Crippen LogP contribution in [0.1, 0.15) is 27.2 Å². The van der Waals surface area contributed by atoms with E-state index >= 15 is 0 Å². The Labute approximate surface area is 78.6 Å². The quantitative estimate of drug-likeness (QED) is 0.481. The van der Waals surface area contributed by atoms with Crippen LogP contribution in [-0.4, -0.2) is 5.78 Å². The normalized spacial score (nSPS) is 13.8. The van der Waals surface area contributed by atoms with Crippen LogP contribution in [0.5, 0.6) is 0 Å². The summed E-state index contributed by atoms with van der Waals surface area (Å²) in [4.78, 5) is 11.1. The van der Waals surface area contributed by atoms with Crippen LogP contribution in [0.25, 0.3) is 0 Å². The fourth-order valence-electron chi connectivity index (χ4n) is 0.933. The van der Waals surface area contributed by atoms with Gasteiger partial charge in [-0.05, 0) is 19.9 Å². The van der Waals surface area contributed by atoms with Gasteiger partial charge in [0.15, 0.2) is 5.78 Å². The zero-order valence-corrected chi connectivity index (χ0v) is 8.30. The number of carbonyl (C=O) groups excluding carboxylic acids is 1. The minimum absolute atomic E-state index is 0.137. The minimum atomic E-state index is -0.175. The van der Waals surface area contributed by atoms with Crippen molar-refractivity contribution in [2.45, 2.75) is 27.2 Å². The molecule has 0 unspecified atom stereocenters. The van der Waals surface area contributed by atoms with Crippen molar-refractivity contribution in [2.24, 2.45) is 0 Å². The van der Waals surface area contributed by atoms with E-state index in [-0.39, 0.29) is 11.4 Å². The summed E-state index contributed by atoms with van der Waals surface area (Å²) >= 11 is 0. The third-order valence-corrected chi connectivity index (χ3v) is 1.57. The third-order valence-electron chi connectivity index (χ3n) is 1.57. The summed E-state index contributed by atoms with van der Waals surface area (Å²) in [6.45, 7) is 5.41. The molecule has 0 amide bonds. The van der Waals surface area contributed by atoms with Crippen LogP contribution < -0.4 is 0 Å². The van der Waals surface area contributed by atoms with Crippen molar-refractivity contribution in [1.29, 1.82) is 0 Å². The molecule has 0 radical (unpaired) electrons. The highest BCUT2D eigenvalue weighted by Gasteiger charge is 2.03. The minimum Gasteiger partial charge on any atom is -0.294 e. The van der Waals surface area contributed by atoms with E-state index in [0.717, 1.165) is 5.57 Å². The first-order chi connectivity index (χ1) is 6.15. The lowest BCUT2D eigenvalue weighted by Gasteiger charge is -1.96.